The first-order valence-corrected chi connectivity index (χ1v) is 6.97. The maximum atomic E-state index is 5.53. The number of thioether (sulfide) groups is 1. The first-order valence-electron chi connectivity index (χ1n) is 4.46. The fraction of sp³-hybridized carbons (Fsp3) is 1.00. The molecule has 12 heavy (non-hydrogen) atoms. The summed E-state index contributed by atoms with van der Waals surface area (Å²) in [4.78, 5) is 0. The normalized spacial score (nSPS) is 30.5. The summed E-state index contributed by atoms with van der Waals surface area (Å²) in [6.07, 6.45) is 6.03. The molecule has 0 spiro atoms. The quantitative estimate of drug-likeness (QED) is 0.712. The van der Waals surface area contributed by atoms with E-state index < -0.39 is 0 Å². The van der Waals surface area contributed by atoms with Crippen molar-refractivity contribution in [1.82, 2.24) is 0 Å². The molecule has 0 aromatic rings. The molecule has 0 radical (unpaired) electrons. The molecule has 1 aliphatic rings. The maximum Gasteiger partial charge on any atom is 0.0530 e. The zero-order valence-corrected chi connectivity index (χ0v) is 10.0. The molecule has 0 bridgehead atoms. The monoisotopic (exact) mass is 252 g/mol. The average Bonchev–Trinajstić information content (AvgIpc) is 2.16. The van der Waals surface area contributed by atoms with Crippen molar-refractivity contribution in [3.05, 3.63) is 0 Å². The molecule has 1 aliphatic heterocycles. The molecule has 1 nitrogen and oxygen atoms in total. The van der Waals surface area contributed by atoms with Crippen LogP contribution in [0.1, 0.15) is 19.3 Å². The third kappa shape index (κ3) is 2.93. The van der Waals surface area contributed by atoms with Crippen LogP contribution in [-0.2, 0) is 4.74 Å². The van der Waals surface area contributed by atoms with Crippen LogP contribution in [-0.4, -0.2) is 30.6 Å². The van der Waals surface area contributed by atoms with Crippen LogP contribution in [0.4, 0.5) is 0 Å². The van der Waals surface area contributed by atoms with Gasteiger partial charge in [-0.1, -0.05) is 15.9 Å². The Balaban J connectivity index is 2.37. The van der Waals surface area contributed by atoms with Crippen molar-refractivity contribution in [3.63, 3.8) is 0 Å². The molecule has 1 heterocycles. The summed E-state index contributed by atoms with van der Waals surface area (Å²) in [5, 5.41) is 1.10. The smallest absolute Gasteiger partial charge is 0.0530 e. The molecule has 1 fully saturated rings. The minimum atomic E-state index is 0.446. The fourth-order valence-electron chi connectivity index (χ4n) is 1.60. The van der Waals surface area contributed by atoms with E-state index in [0.717, 1.165) is 18.5 Å². The van der Waals surface area contributed by atoms with Crippen LogP contribution in [0.5, 0.6) is 0 Å². The molecule has 1 unspecified atom stereocenters. The van der Waals surface area contributed by atoms with Crippen molar-refractivity contribution in [3.8, 4) is 0 Å². The van der Waals surface area contributed by atoms with Crippen LogP contribution < -0.4 is 0 Å². The Hall–Kier alpha value is 0.790. The van der Waals surface area contributed by atoms with Crippen molar-refractivity contribution in [1.29, 1.82) is 0 Å². The van der Waals surface area contributed by atoms with E-state index in [1.54, 1.807) is 0 Å². The maximum absolute atomic E-state index is 5.53. The third-order valence-corrected chi connectivity index (χ3v) is 4.33. The van der Waals surface area contributed by atoms with Gasteiger partial charge in [0.05, 0.1) is 6.61 Å². The standard InChI is InChI=1S/C9H17BrOS/c1-12-6-4-9(7-10)3-2-5-11-8-9/h2-8H2,1H3. The SMILES string of the molecule is CSCCC1(CBr)CCCOC1. The van der Waals surface area contributed by atoms with Crippen LogP contribution in [0.2, 0.25) is 0 Å². The Bertz CT molecular complexity index is 124. The van der Waals surface area contributed by atoms with Gasteiger partial charge in [-0.3, -0.25) is 0 Å². The molecule has 0 amide bonds. The second-order valence-corrected chi connectivity index (χ2v) is 5.08. The Kier molecular flexibility index (Phi) is 4.99. The predicted octanol–water partition coefficient (Wildman–Crippen LogP) is 2.93. The number of hydrogen-bond acceptors (Lipinski definition) is 2. The van der Waals surface area contributed by atoms with Gasteiger partial charge in [-0.25, -0.2) is 0 Å². The van der Waals surface area contributed by atoms with Crippen LogP contribution in [0.3, 0.4) is 0 Å². The van der Waals surface area contributed by atoms with E-state index in [1.807, 2.05) is 11.8 Å². The molecule has 0 N–H and O–H groups in total. The van der Waals surface area contributed by atoms with Gasteiger partial charge in [-0.05, 0) is 31.3 Å². The summed E-state index contributed by atoms with van der Waals surface area (Å²) in [7, 11) is 0. The summed E-state index contributed by atoms with van der Waals surface area (Å²) in [5.41, 5.74) is 0.446. The molecular formula is C9H17BrOS. The highest BCUT2D eigenvalue weighted by Gasteiger charge is 2.30. The second-order valence-electron chi connectivity index (χ2n) is 3.53. The lowest BCUT2D eigenvalue weighted by atomic mass is 9.82. The Morgan fingerprint density at radius 2 is 2.42 bits per heavy atom. The van der Waals surface area contributed by atoms with Gasteiger partial charge in [0.2, 0.25) is 0 Å². The van der Waals surface area contributed by atoms with Crippen LogP contribution in [0, 0.1) is 5.41 Å². The zero-order valence-electron chi connectivity index (χ0n) is 7.64. The first kappa shape index (κ1) is 10.9. The van der Waals surface area contributed by atoms with Gasteiger partial charge in [0.1, 0.15) is 0 Å². The van der Waals surface area contributed by atoms with Gasteiger partial charge in [0.25, 0.3) is 0 Å². The topological polar surface area (TPSA) is 9.23 Å². The molecular weight excluding hydrogens is 236 g/mol. The lowest BCUT2D eigenvalue weighted by Gasteiger charge is -2.35. The number of halogens is 1. The molecule has 1 atom stereocenters. The highest BCUT2D eigenvalue weighted by molar-refractivity contribution is 9.09. The third-order valence-electron chi connectivity index (χ3n) is 2.52. The second kappa shape index (κ2) is 5.51. The van der Waals surface area contributed by atoms with E-state index in [2.05, 4.69) is 22.2 Å². The lowest BCUT2D eigenvalue weighted by Crippen LogP contribution is -2.33. The Labute approximate surface area is 87.8 Å². The van der Waals surface area contributed by atoms with Crippen molar-refractivity contribution < 1.29 is 4.74 Å². The lowest BCUT2D eigenvalue weighted by molar-refractivity contribution is 0.00465. The van der Waals surface area contributed by atoms with E-state index in [4.69, 9.17) is 4.74 Å². The number of rotatable bonds is 4. The molecule has 0 saturated carbocycles. The minimum absolute atomic E-state index is 0.446. The molecule has 0 aromatic heterocycles. The van der Waals surface area contributed by atoms with E-state index in [-0.39, 0.29) is 0 Å². The van der Waals surface area contributed by atoms with Gasteiger partial charge >= 0.3 is 0 Å². The van der Waals surface area contributed by atoms with E-state index in [9.17, 15) is 0 Å². The van der Waals surface area contributed by atoms with Crippen molar-refractivity contribution in [2.75, 3.05) is 30.6 Å². The average molecular weight is 253 g/mol. The summed E-state index contributed by atoms with van der Waals surface area (Å²) >= 11 is 5.54. The molecule has 0 aliphatic carbocycles. The molecule has 3 heteroatoms. The van der Waals surface area contributed by atoms with Gasteiger partial charge in [0, 0.05) is 17.4 Å². The van der Waals surface area contributed by atoms with E-state index in [1.165, 1.54) is 25.0 Å². The summed E-state index contributed by atoms with van der Waals surface area (Å²) in [6, 6.07) is 0. The van der Waals surface area contributed by atoms with Crippen LogP contribution in [0.25, 0.3) is 0 Å². The van der Waals surface area contributed by atoms with Crippen LogP contribution in [0.15, 0.2) is 0 Å². The van der Waals surface area contributed by atoms with Gasteiger partial charge in [0.15, 0.2) is 0 Å². The fourth-order valence-corrected chi connectivity index (χ4v) is 2.96. The van der Waals surface area contributed by atoms with Gasteiger partial charge in [-0.2, -0.15) is 11.8 Å². The summed E-state index contributed by atoms with van der Waals surface area (Å²) in [5.74, 6) is 1.26. The van der Waals surface area contributed by atoms with Gasteiger partial charge in [-0.15, -0.1) is 0 Å². The number of alkyl halides is 1. The number of ether oxygens (including phenoxy) is 1. The largest absolute Gasteiger partial charge is 0.381 e. The highest BCUT2D eigenvalue weighted by Crippen LogP contribution is 2.34. The van der Waals surface area contributed by atoms with Crippen molar-refractivity contribution in [2.45, 2.75) is 19.3 Å². The zero-order chi connectivity index (χ0) is 8.86. The van der Waals surface area contributed by atoms with Crippen LogP contribution >= 0.6 is 27.7 Å². The van der Waals surface area contributed by atoms with Crippen molar-refractivity contribution in [2.24, 2.45) is 5.41 Å². The molecule has 1 rings (SSSR count). The van der Waals surface area contributed by atoms with E-state index >= 15 is 0 Å². The molecule has 72 valence electrons. The van der Waals surface area contributed by atoms with Crippen molar-refractivity contribution >= 4 is 27.7 Å². The summed E-state index contributed by atoms with van der Waals surface area (Å²) in [6.45, 7) is 1.92. The first-order chi connectivity index (χ1) is 5.83. The summed E-state index contributed by atoms with van der Waals surface area (Å²) < 4.78 is 5.53. The highest BCUT2D eigenvalue weighted by atomic mass is 79.9. The van der Waals surface area contributed by atoms with Gasteiger partial charge < -0.3 is 4.74 Å². The molecule has 1 saturated heterocycles. The number of hydrogen-bond donors (Lipinski definition) is 0. The Morgan fingerprint density at radius 1 is 1.58 bits per heavy atom. The minimum Gasteiger partial charge on any atom is -0.381 e. The predicted molar refractivity (Wildman–Crippen MR) is 59.3 cm³/mol. The van der Waals surface area contributed by atoms with E-state index in [0.29, 0.717) is 5.41 Å². The Morgan fingerprint density at radius 3 is 2.92 bits per heavy atom. The molecule has 0 aromatic carbocycles.